The van der Waals surface area contributed by atoms with Crippen LogP contribution in [0.3, 0.4) is 0 Å². The van der Waals surface area contributed by atoms with Crippen LogP contribution in [0.4, 0.5) is 11.4 Å². The van der Waals surface area contributed by atoms with Gasteiger partial charge in [0.2, 0.25) is 0 Å². The second-order valence-electron chi connectivity index (χ2n) is 6.09. The average molecular weight is 278 g/mol. The molecule has 0 unspecified atom stereocenters. The molecule has 1 aliphatic carbocycles. The first-order valence-corrected chi connectivity index (χ1v) is 7.09. The molecule has 1 N–H and O–H groups in total. The third-order valence-corrected chi connectivity index (χ3v) is 3.81. The van der Waals surface area contributed by atoms with E-state index in [1.165, 1.54) is 19.3 Å². The Kier molecular flexibility index (Phi) is 4.16. The first-order valence-electron chi connectivity index (χ1n) is 7.09. The van der Waals surface area contributed by atoms with Crippen LogP contribution in [0.2, 0.25) is 0 Å². The van der Waals surface area contributed by atoms with Crippen molar-refractivity contribution >= 4 is 11.4 Å². The maximum atomic E-state index is 11.3. The summed E-state index contributed by atoms with van der Waals surface area (Å²) in [6.45, 7) is 6.70. The Hall–Kier alpha value is -1.78. The first-order chi connectivity index (χ1) is 9.41. The van der Waals surface area contributed by atoms with Crippen molar-refractivity contribution in [2.75, 3.05) is 11.9 Å². The highest BCUT2D eigenvalue weighted by Gasteiger charge is 2.32. The highest BCUT2D eigenvalue weighted by atomic mass is 16.6. The fraction of sp³-hybridized carbons (Fsp3) is 0.600. The van der Waals surface area contributed by atoms with E-state index in [1.807, 2.05) is 13.8 Å². The Morgan fingerprint density at radius 2 is 2.15 bits per heavy atom. The zero-order valence-corrected chi connectivity index (χ0v) is 12.3. The van der Waals surface area contributed by atoms with Crippen LogP contribution in [0.5, 0.6) is 5.75 Å². The summed E-state index contributed by atoms with van der Waals surface area (Å²) in [7, 11) is 0. The van der Waals surface area contributed by atoms with Gasteiger partial charge in [-0.15, -0.1) is 0 Å². The maximum absolute atomic E-state index is 11.3. The third-order valence-electron chi connectivity index (χ3n) is 3.81. The number of ether oxygens (including phenoxy) is 1. The molecule has 1 aromatic rings. The van der Waals surface area contributed by atoms with Gasteiger partial charge in [0.05, 0.1) is 11.0 Å². The molecule has 0 aliphatic heterocycles. The van der Waals surface area contributed by atoms with Crippen molar-refractivity contribution in [3.63, 3.8) is 0 Å². The lowest BCUT2D eigenvalue weighted by atomic mass is 9.70. The highest BCUT2D eigenvalue weighted by Crippen LogP contribution is 2.42. The van der Waals surface area contributed by atoms with Crippen LogP contribution < -0.4 is 10.1 Å². The molecule has 5 heteroatoms. The summed E-state index contributed by atoms with van der Waals surface area (Å²) in [5.41, 5.74) is 0.841. The summed E-state index contributed by atoms with van der Waals surface area (Å²) < 4.78 is 5.54. The number of hydrogen-bond acceptors (Lipinski definition) is 4. The molecule has 1 fully saturated rings. The molecular formula is C15H22N2O3. The van der Waals surface area contributed by atoms with E-state index in [0.717, 1.165) is 6.54 Å². The minimum absolute atomic E-state index is 0.0316. The lowest BCUT2D eigenvalue weighted by Gasteiger charge is -2.38. The highest BCUT2D eigenvalue weighted by molar-refractivity contribution is 5.68. The normalized spacial score (nSPS) is 16.6. The minimum Gasteiger partial charge on any atom is -0.484 e. The Bertz CT molecular complexity index is 496. The second-order valence-corrected chi connectivity index (χ2v) is 6.09. The number of hydrogen-bond donors (Lipinski definition) is 1. The molecule has 1 aliphatic rings. The fourth-order valence-corrected chi connectivity index (χ4v) is 2.47. The Balaban J connectivity index is 2.20. The Morgan fingerprint density at radius 1 is 1.45 bits per heavy atom. The lowest BCUT2D eigenvalue weighted by Crippen LogP contribution is -2.33. The molecule has 0 spiro atoms. The largest absolute Gasteiger partial charge is 0.484 e. The lowest BCUT2D eigenvalue weighted by molar-refractivity contribution is -0.385. The summed E-state index contributed by atoms with van der Waals surface area (Å²) in [6, 6.07) is 5.18. The zero-order chi connectivity index (χ0) is 14.8. The van der Waals surface area contributed by atoms with Crippen molar-refractivity contribution in [1.82, 2.24) is 0 Å². The van der Waals surface area contributed by atoms with E-state index in [9.17, 15) is 10.1 Å². The average Bonchev–Trinajstić information content (AvgIpc) is 2.33. The molecule has 2 rings (SSSR count). The number of para-hydroxylation sites is 1. The van der Waals surface area contributed by atoms with Gasteiger partial charge < -0.3 is 10.1 Å². The number of nitrogens with zero attached hydrogens (tertiary/aromatic N) is 1. The van der Waals surface area contributed by atoms with Crippen molar-refractivity contribution in [2.24, 2.45) is 5.41 Å². The molecule has 20 heavy (non-hydrogen) atoms. The van der Waals surface area contributed by atoms with Gasteiger partial charge in [0.25, 0.3) is 0 Å². The van der Waals surface area contributed by atoms with Gasteiger partial charge in [-0.1, -0.05) is 19.4 Å². The summed E-state index contributed by atoms with van der Waals surface area (Å²) >= 11 is 0. The van der Waals surface area contributed by atoms with Gasteiger partial charge in [-0.2, -0.15) is 0 Å². The number of nitrogens with one attached hydrogen (secondary N) is 1. The van der Waals surface area contributed by atoms with Crippen LogP contribution in [-0.2, 0) is 0 Å². The van der Waals surface area contributed by atoms with E-state index >= 15 is 0 Å². The van der Waals surface area contributed by atoms with Gasteiger partial charge >= 0.3 is 5.69 Å². The second kappa shape index (κ2) is 5.69. The number of nitro benzene ring substituents is 1. The topological polar surface area (TPSA) is 64.4 Å². The fourth-order valence-electron chi connectivity index (χ4n) is 2.47. The van der Waals surface area contributed by atoms with Crippen LogP contribution in [0.15, 0.2) is 18.2 Å². The molecule has 0 heterocycles. The molecule has 0 aromatic heterocycles. The number of rotatable bonds is 6. The number of nitro groups is 1. The van der Waals surface area contributed by atoms with Crippen molar-refractivity contribution < 1.29 is 9.66 Å². The maximum Gasteiger partial charge on any atom is 0.333 e. The summed E-state index contributed by atoms with van der Waals surface area (Å²) in [5.74, 6) is 0.328. The van der Waals surface area contributed by atoms with E-state index in [2.05, 4.69) is 12.2 Å². The van der Waals surface area contributed by atoms with Crippen LogP contribution in [-0.4, -0.2) is 17.6 Å². The predicted molar refractivity (Wildman–Crippen MR) is 79.3 cm³/mol. The molecule has 1 aromatic carbocycles. The van der Waals surface area contributed by atoms with Crippen molar-refractivity contribution in [2.45, 2.75) is 46.1 Å². The summed E-state index contributed by atoms with van der Waals surface area (Å²) in [4.78, 5) is 10.9. The molecule has 1 saturated carbocycles. The van der Waals surface area contributed by atoms with E-state index < -0.39 is 0 Å². The smallest absolute Gasteiger partial charge is 0.333 e. The van der Waals surface area contributed by atoms with Gasteiger partial charge in [-0.3, -0.25) is 10.1 Å². The van der Waals surface area contributed by atoms with Gasteiger partial charge in [0.1, 0.15) is 5.69 Å². The monoisotopic (exact) mass is 278 g/mol. The Morgan fingerprint density at radius 3 is 2.65 bits per heavy atom. The minimum atomic E-state index is -0.372. The van der Waals surface area contributed by atoms with E-state index in [0.29, 0.717) is 11.4 Å². The molecule has 0 bridgehead atoms. The van der Waals surface area contributed by atoms with Crippen LogP contribution in [0, 0.1) is 15.5 Å². The van der Waals surface area contributed by atoms with Gasteiger partial charge in [-0.05, 0) is 44.2 Å². The standard InChI is InChI=1S/C15H22N2O3/c1-11(2)20-13-7-4-6-12(14(13)17(18)19)16-10-15(3)8-5-9-15/h4,6-7,11,16H,5,8-10H2,1-3H3. The van der Waals surface area contributed by atoms with Gasteiger partial charge in [-0.25, -0.2) is 0 Å². The van der Waals surface area contributed by atoms with Crippen LogP contribution >= 0.6 is 0 Å². The molecule has 0 radical (unpaired) electrons. The molecule has 0 amide bonds. The van der Waals surface area contributed by atoms with Gasteiger partial charge in [0, 0.05) is 6.54 Å². The van der Waals surface area contributed by atoms with Crippen molar-refractivity contribution in [1.29, 1.82) is 0 Å². The molecule has 0 atom stereocenters. The number of anilines is 1. The SMILES string of the molecule is CC(C)Oc1cccc(NCC2(C)CCC2)c1[N+](=O)[O-]. The van der Waals surface area contributed by atoms with E-state index in [1.54, 1.807) is 18.2 Å². The Labute approximate surface area is 119 Å². The molecule has 110 valence electrons. The molecule has 5 nitrogen and oxygen atoms in total. The van der Waals surface area contributed by atoms with E-state index in [-0.39, 0.29) is 22.1 Å². The van der Waals surface area contributed by atoms with E-state index in [4.69, 9.17) is 4.74 Å². The first kappa shape index (κ1) is 14.6. The number of benzene rings is 1. The summed E-state index contributed by atoms with van der Waals surface area (Å²) in [6.07, 6.45) is 3.51. The molecular weight excluding hydrogens is 256 g/mol. The quantitative estimate of drug-likeness (QED) is 0.631. The molecule has 0 saturated heterocycles. The summed E-state index contributed by atoms with van der Waals surface area (Å²) in [5, 5.41) is 14.5. The predicted octanol–water partition coefficient (Wildman–Crippen LogP) is 3.98. The third kappa shape index (κ3) is 3.21. The van der Waals surface area contributed by atoms with Gasteiger partial charge in [0.15, 0.2) is 5.75 Å². The zero-order valence-electron chi connectivity index (χ0n) is 12.3. The van der Waals surface area contributed by atoms with Crippen molar-refractivity contribution in [3.05, 3.63) is 28.3 Å². The van der Waals surface area contributed by atoms with Crippen LogP contribution in [0.25, 0.3) is 0 Å². The van der Waals surface area contributed by atoms with Crippen molar-refractivity contribution in [3.8, 4) is 5.75 Å². The van der Waals surface area contributed by atoms with Crippen LogP contribution in [0.1, 0.15) is 40.0 Å².